The van der Waals surface area contributed by atoms with Crippen molar-refractivity contribution in [1.82, 2.24) is 39.3 Å². The van der Waals surface area contributed by atoms with E-state index >= 15 is 0 Å². The summed E-state index contributed by atoms with van der Waals surface area (Å²) < 4.78 is 320. The Labute approximate surface area is 815 Å². The first-order chi connectivity index (χ1) is 65.2. The van der Waals surface area contributed by atoms with Gasteiger partial charge in [-0.1, -0.05) is 302 Å². The minimum atomic E-state index is -4.63. The summed E-state index contributed by atoms with van der Waals surface area (Å²) in [4.78, 5) is 2.12. The van der Waals surface area contributed by atoms with Crippen molar-refractivity contribution in [2.45, 2.75) is 149 Å². The van der Waals surface area contributed by atoms with E-state index in [9.17, 15) is 111 Å². The number of hydrogen-bond donors (Lipinski definition) is 0. The van der Waals surface area contributed by atoms with E-state index in [4.69, 9.17) is 4.74 Å². The van der Waals surface area contributed by atoms with Crippen molar-refractivity contribution in [2.75, 3.05) is 96.4 Å². The lowest BCUT2D eigenvalue weighted by molar-refractivity contribution is -0.0311. The zero-order chi connectivity index (χ0) is 103. The van der Waals surface area contributed by atoms with Crippen LogP contribution in [-0.4, -0.2) is 219 Å². The number of piperidine rings is 2. The van der Waals surface area contributed by atoms with Gasteiger partial charge in [0.1, 0.15) is 0 Å². The van der Waals surface area contributed by atoms with Gasteiger partial charge in [0, 0.05) is 118 Å². The SMILES string of the molecule is CC(C)N(Cc1ccccc1)S(=O)(=O)F.CCN(Cc1ccccc1)S(=O)(=O)F.CN(c1ccccc1)S(=O)(=O)F.Cc1ccc(C2CCCN2S(=O)(=O)F)cc1.Cc1cccc(C2CCCN2S(=O)(=O)F)c1.O=S(=O)(F)N1CC(OCc2ccccc2)C1.O=S(=O)(F)N1CCC(Cc2ccccc2)CC1.O=S(=O)(F)N1CCC(c2ccccc2)CC1.O=S(=O)(F)N1CCN(Cc2ccccc2)CC1. The van der Waals surface area contributed by atoms with E-state index in [0.717, 1.165) is 106 Å². The number of rotatable bonds is 26. The Kier molecular flexibility index (Phi) is 46.6. The van der Waals surface area contributed by atoms with E-state index in [1.54, 1.807) is 87.5 Å². The molecule has 0 aromatic heterocycles. The molecule has 0 amide bonds. The van der Waals surface area contributed by atoms with Crippen LogP contribution >= 0.6 is 0 Å². The van der Waals surface area contributed by atoms with E-state index in [2.05, 4.69) is 17.0 Å². The maximum atomic E-state index is 13.0. The van der Waals surface area contributed by atoms with Gasteiger partial charge in [0.25, 0.3) is 0 Å². The number of nitrogens with zero attached hydrogens (tertiary/aromatic N) is 10. The van der Waals surface area contributed by atoms with Crippen LogP contribution in [-0.2, 0) is 131 Å². The average Bonchev–Trinajstić information content (AvgIpc) is 1.80. The molecule has 29 nitrogen and oxygen atoms in total. The second-order valence-electron chi connectivity index (χ2n) is 33.2. The number of halogens is 9. The Morgan fingerprint density at radius 1 is 0.353 bits per heavy atom. The summed E-state index contributed by atoms with van der Waals surface area (Å²) in [7, 11) is -39.9. The fourth-order valence-electron chi connectivity index (χ4n) is 15.3. The highest BCUT2D eigenvalue weighted by molar-refractivity contribution is 7.88. The molecule has 6 fully saturated rings. The van der Waals surface area contributed by atoms with E-state index < -0.39 is 93.7 Å². The molecule has 6 aliphatic heterocycles. The lowest BCUT2D eigenvalue weighted by Gasteiger charge is -2.34. The van der Waals surface area contributed by atoms with Crippen molar-refractivity contribution in [3.63, 3.8) is 0 Å². The molecule has 9 aromatic carbocycles. The smallest absolute Gasteiger partial charge is 0.371 e. The van der Waals surface area contributed by atoms with Crippen molar-refractivity contribution in [1.29, 1.82) is 0 Å². The lowest BCUT2D eigenvalue weighted by atomic mass is 9.90. The standard InChI is InChI=1S/C12H16FNO2S.C11H15FN2O2S.3C11H14FNO2S.C10H12FNO3S.C10H14FNO2S.C9H12FNO2S.C7H8FNO2S/c13-17(15,16)14-8-6-12(7-9-14)10-11-4-2-1-3-5-11;12-17(15,16)14-8-6-13(7-9-14)10-11-4-2-1-3-5-11;1-9-4-2-5-10(8-9)11-6-3-7-13(11)16(12,14)15;1-9-4-6-10(7-5-9)11-3-2-8-13(11)16(12,14)15;12-16(14,15)13-8-6-11(7-9-13)10-4-2-1-3-5-10;11-16(13,14)12-6-10(7-12)15-8-9-4-2-1-3-5-9;1-9(2)12(15(11,13)14)8-10-6-4-3-5-7-10;1-2-11(14(10,12)13)8-9-6-4-3-5-7-9;1-9(12(8,10)11)7-5-3-2-4-6-7/h1-5,12H,6-10H2;1-5H,6-10H2;2,4-5,8,11H,3,6-7H2,1H3;4-7,11H,2-3,8H2,1H3;1-5,11H,6-9H2;1-5,10H,6-8H2;3-7,9H,8H2,1-2H3;3-7H,2,8H2,1H3;2-6H,1H3. The molecular formula is C92H119F9N10O19S9. The van der Waals surface area contributed by atoms with Gasteiger partial charge in [-0.15, -0.1) is 0 Å². The molecule has 0 saturated carbocycles. The van der Waals surface area contributed by atoms with Crippen LogP contribution in [0.15, 0.2) is 261 Å². The molecule has 6 heterocycles. The van der Waals surface area contributed by atoms with Crippen molar-refractivity contribution < 1.29 is 115 Å². The normalized spacial score (nSPS) is 17.8. The Balaban J connectivity index is 0.000000213. The maximum Gasteiger partial charge on any atom is 0.399 e. The van der Waals surface area contributed by atoms with Crippen LogP contribution in [0.4, 0.5) is 40.7 Å². The third kappa shape index (κ3) is 42.4. The third-order valence-electron chi connectivity index (χ3n) is 22.8. The van der Waals surface area contributed by atoms with Gasteiger partial charge < -0.3 is 4.74 Å². The van der Waals surface area contributed by atoms with Crippen molar-refractivity contribution in [2.24, 2.45) is 5.92 Å². The molecule has 0 aliphatic carbocycles. The number of benzene rings is 9. The van der Waals surface area contributed by atoms with Crippen molar-refractivity contribution in [3.05, 3.63) is 316 Å². The average molecular weight is 2130 g/mol. The number of piperazine rings is 1. The summed E-state index contributed by atoms with van der Waals surface area (Å²) in [5.74, 6) is 0.801. The van der Waals surface area contributed by atoms with Gasteiger partial charge >= 0.3 is 93.7 Å². The van der Waals surface area contributed by atoms with Crippen LogP contribution in [0, 0.1) is 19.8 Å². The summed E-state index contributed by atoms with van der Waals surface area (Å²) in [5, 5.41) is 0. The van der Waals surface area contributed by atoms with Gasteiger partial charge in [-0.3, -0.25) is 4.90 Å². The molecule has 139 heavy (non-hydrogen) atoms. The highest BCUT2D eigenvalue weighted by Crippen LogP contribution is 2.37. The van der Waals surface area contributed by atoms with E-state index in [0.29, 0.717) is 93.1 Å². The molecule has 0 radical (unpaired) electrons. The van der Waals surface area contributed by atoms with Crippen LogP contribution in [0.25, 0.3) is 0 Å². The van der Waals surface area contributed by atoms with Gasteiger partial charge in [0.05, 0.1) is 30.5 Å². The quantitative estimate of drug-likeness (QED) is 0.0359. The van der Waals surface area contributed by atoms with Crippen LogP contribution < -0.4 is 4.31 Å². The molecule has 6 aliphatic rings. The summed E-state index contributed by atoms with van der Waals surface area (Å²) >= 11 is 0. The van der Waals surface area contributed by atoms with Crippen LogP contribution in [0.5, 0.6) is 0 Å². The molecule has 9 aromatic rings. The van der Waals surface area contributed by atoms with Gasteiger partial charge in [-0.2, -0.15) is 110 Å². The molecule has 6 saturated heterocycles. The second-order valence-corrected chi connectivity index (χ2v) is 45.1. The molecule has 0 spiro atoms. The second kappa shape index (κ2) is 55.2. The summed E-state index contributed by atoms with van der Waals surface area (Å²) in [6.07, 6.45) is 6.38. The first-order valence-corrected chi connectivity index (χ1v) is 56.3. The zero-order valence-corrected chi connectivity index (χ0v) is 84.8. The summed E-state index contributed by atoms with van der Waals surface area (Å²) in [5.41, 5.74) is 10.4. The summed E-state index contributed by atoms with van der Waals surface area (Å²) in [6, 6.07) is 79.5. The van der Waals surface area contributed by atoms with Gasteiger partial charge in [-0.25, -0.2) is 4.31 Å². The lowest BCUT2D eigenvalue weighted by Crippen LogP contribution is -2.53. The zero-order valence-electron chi connectivity index (χ0n) is 77.5. The van der Waals surface area contributed by atoms with E-state index in [1.807, 2.05) is 184 Å². The number of aryl methyl sites for hydroxylation is 2. The Hall–Kier alpha value is -8.70. The minimum Gasteiger partial charge on any atom is -0.371 e. The van der Waals surface area contributed by atoms with Crippen LogP contribution in [0.1, 0.15) is 146 Å². The predicted molar refractivity (Wildman–Crippen MR) is 519 cm³/mol. The van der Waals surface area contributed by atoms with E-state index in [1.165, 1.54) is 28.8 Å². The topological polar surface area (TPSA) is 349 Å². The van der Waals surface area contributed by atoms with Gasteiger partial charge in [-0.05, 0) is 154 Å². The third-order valence-corrected chi connectivity index (χ3v) is 31.7. The largest absolute Gasteiger partial charge is 0.399 e. The fourth-order valence-corrected chi connectivity index (χ4v) is 21.5. The molecule has 47 heteroatoms. The molecule has 768 valence electrons. The highest BCUT2D eigenvalue weighted by Gasteiger charge is 2.39. The fraction of sp³-hybridized carbons (Fsp3) is 0.413. The minimum absolute atomic E-state index is 0.0668. The molecule has 0 bridgehead atoms. The first kappa shape index (κ1) is 117. The monoisotopic (exact) mass is 2130 g/mol. The number of para-hydroxylation sites is 1. The van der Waals surface area contributed by atoms with E-state index in [-0.39, 0.29) is 96.2 Å². The van der Waals surface area contributed by atoms with Crippen molar-refractivity contribution >= 4 is 99.4 Å². The number of anilines is 1. The Morgan fingerprint density at radius 2 is 0.734 bits per heavy atom. The molecular weight excluding hydrogens is 2010 g/mol. The Bertz CT molecular complexity index is 6220. The number of hydrogen-bond acceptors (Lipinski definition) is 20. The van der Waals surface area contributed by atoms with Crippen LogP contribution in [0.2, 0.25) is 0 Å². The summed E-state index contributed by atoms with van der Waals surface area (Å²) in [6.45, 7) is 13.8. The van der Waals surface area contributed by atoms with Crippen LogP contribution in [0.3, 0.4) is 0 Å². The molecule has 2 atom stereocenters. The highest BCUT2D eigenvalue weighted by atomic mass is 32.3. The van der Waals surface area contributed by atoms with Gasteiger partial charge in [0.2, 0.25) is 0 Å². The number of ether oxygens (including phenoxy) is 1. The predicted octanol–water partition coefficient (Wildman–Crippen LogP) is 16.2. The van der Waals surface area contributed by atoms with Crippen molar-refractivity contribution in [3.8, 4) is 0 Å². The first-order valence-electron chi connectivity index (χ1n) is 44.2. The molecule has 15 rings (SSSR count). The maximum absolute atomic E-state index is 13.0. The van der Waals surface area contributed by atoms with Gasteiger partial charge in [0.15, 0.2) is 0 Å². The molecule has 0 N–H and O–H groups in total. The Morgan fingerprint density at radius 3 is 1.13 bits per heavy atom. The molecule has 2 unspecified atom stereocenters.